The van der Waals surface area contributed by atoms with Gasteiger partial charge in [-0.2, -0.15) is 0 Å². The molecule has 0 aromatic heterocycles. The zero-order valence-corrected chi connectivity index (χ0v) is 11.0. The summed E-state index contributed by atoms with van der Waals surface area (Å²) < 4.78 is 10.3. The van der Waals surface area contributed by atoms with Crippen LogP contribution in [0.15, 0.2) is 30.8 Å². The highest BCUT2D eigenvalue weighted by molar-refractivity contribution is 5.73. The number of ether oxygens (including phenoxy) is 2. The van der Waals surface area contributed by atoms with Crippen molar-refractivity contribution in [1.82, 2.24) is 0 Å². The molecule has 0 bridgehead atoms. The Morgan fingerprint density at radius 1 is 1.14 bits per heavy atom. The lowest BCUT2D eigenvalue weighted by atomic mass is 9.99. The van der Waals surface area contributed by atoms with E-state index in [0.29, 0.717) is 5.75 Å². The van der Waals surface area contributed by atoms with E-state index in [2.05, 4.69) is 6.58 Å². The number of aliphatic hydroxyl groups excluding tert-OH is 3. The highest BCUT2D eigenvalue weighted by Crippen LogP contribution is 2.24. The maximum absolute atomic E-state index is 11.0. The lowest BCUT2D eigenvalue weighted by Crippen LogP contribution is -2.61. The molecule has 1 aromatic carbocycles. The Hall–Kier alpha value is -1.93. The molecule has 1 fully saturated rings. The van der Waals surface area contributed by atoms with Gasteiger partial charge in [0.25, 0.3) is 0 Å². The maximum Gasteiger partial charge on any atom is 0.335 e. The van der Waals surface area contributed by atoms with Crippen molar-refractivity contribution in [1.29, 1.82) is 0 Å². The number of aliphatic hydroxyl groups is 3. The van der Waals surface area contributed by atoms with Crippen molar-refractivity contribution in [3.63, 3.8) is 0 Å². The smallest absolute Gasteiger partial charge is 0.335 e. The van der Waals surface area contributed by atoms with Crippen LogP contribution >= 0.6 is 0 Å². The van der Waals surface area contributed by atoms with Crippen LogP contribution in [-0.2, 0) is 9.53 Å². The molecular weight excluding hydrogens is 280 g/mol. The van der Waals surface area contributed by atoms with Crippen molar-refractivity contribution in [2.45, 2.75) is 30.7 Å². The van der Waals surface area contributed by atoms with Gasteiger partial charge < -0.3 is 29.9 Å². The summed E-state index contributed by atoms with van der Waals surface area (Å²) in [6.45, 7) is 3.60. The number of carboxylic acid groups (broad SMARTS) is 1. The van der Waals surface area contributed by atoms with E-state index in [0.717, 1.165) is 5.56 Å². The lowest BCUT2D eigenvalue weighted by Gasteiger charge is -2.38. The molecule has 1 aliphatic rings. The van der Waals surface area contributed by atoms with Crippen LogP contribution in [0.1, 0.15) is 5.56 Å². The third-order valence-electron chi connectivity index (χ3n) is 3.18. The van der Waals surface area contributed by atoms with E-state index in [-0.39, 0.29) is 0 Å². The Kier molecular flexibility index (Phi) is 4.59. The van der Waals surface area contributed by atoms with Gasteiger partial charge in [-0.3, -0.25) is 0 Å². The van der Waals surface area contributed by atoms with Crippen LogP contribution in [0, 0.1) is 0 Å². The van der Waals surface area contributed by atoms with Crippen LogP contribution in [0.5, 0.6) is 5.75 Å². The molecule has 0 saturated carbocycles. The molecule has 1 saturated heterocycles. The molecular formula is C14H16O7. The molecule has 1 aliphatic heterocycles. The molecule has 0 radical (unpaired) electrons. The largest absolute Gasteiger partial charge is 0.479 e. The number of hydrogen-bond donors (Lipinski definition) is 4. The van der Waals surface area contributed by atoms with Gasteiger partial charge in [-0.1, -0.05) is 24.8 Å². The molecule has 7 nitrogen and oxygen atoms in total. The van der Waals surface area contributed by atoms with E-state index in [1.54, 1.807) is 30.3 Å². The fraction of sp³-hybridized carbons (Fsp3) is 0.357. The summed E-state index contributed by atoms with van der Waals surface area (Å²) in [6, 6.07) is 6.58. The van der Waals surface area contributed by atoms with E-state index in [1.165, 1.54) is 0 Å². The van der Waals surface area contributed by atoms with Gasteiger partial charge in [0.2, 0.25) is 6.29 Å². The van der Waals surface area contributed by atoms with Crippen molar-refractivity contribution >= 4 is 12.0 Å². The molecule has 1 aromatic rings. The molecule has 1 unspecified atom stereocenters. The lowest BCUT2D eigenvalue weighted by molar-refractivity contribution is -0.271. The first-order valence-corrected chi connectivity index (χ1v) is 6.25. The van der Waals surface area contributed by atoms with Crippen LogP contribution in [0.3, 0.4) is 0 Å². The highest BCUT2D eigenvalue weighted by atomic mass is 16.7. The molecule has 2 rings (SSSR count). The second kappa shape index (κ2) is 6.23. The van der Waals surface area contributed by atoms with Crippen LogP contribution in [0.4, 0.5) is 0 Å². The van der Waals surface area contributed by atoms with Gasteiger partial charge in [-0.25, -0.2) is 4.79 Å². The van der Waals surface area contributed by atoms with Crippen molar-refractivity contribution < 1.29 is 34.7 Å². The minimum Gasteiger partial charge on any atom is -0.479 e. The Bertz CT molecular complexity index is 513. The van der Waals surface area contributed by atoms with Gasteiger partial charge in [0.05, 0.1) is 0 Å². The minimum atomic E-state index is -1.74. The number of rotatable bonds is 4. The second-order valence-electron chi connectivity index (χ2n) is 4.63. The fourth-order valence-electron chi connectivity index (χ4n) is 1.97. The summed E-state index contributed by atoms with van der Waals surface area (Å²) in [5, 5.41) is 37.9. The molecule has 114 valence electrons. The third-order valence-corrected chi connectivity index (χ3v) is 3.18. The average Bonchev–Trinajstić information content (AvgIpc) is 2.48. The first kappa shape index (κ1) is 15.5. The van der Waals surface area contributed by atoms with Crippen molar-refractivity contribution in [3.8, 4) is 5.75 Å². The summed E-state index contributed by atoms with van der Waals surface area (Å²) in [6.07, 6.45) is -6.44. The average molecular weight is 296 g/mol. The van der Waals surface area contributed by atoms with Gasteiger partial charge >= 0.3 is 5.97 Å². The Balaban J connectivity index is 2.13. The van der Waals surface area contributed by atoms with E-state index in [4.69, 9.17) is 14.6 Å². The van der Waals surface area contributed by atoms with E-state index >= 15 is 0 Å². The van der Waals surface area contributed by atoms with Gasteiger partial charge in [0, 0.05) is 0 Å². The van der Waals surface area contributed by atoms with Crippen LogP contribution < -0.4 is 4.74 Å². The van der Waals surface area contributed by atoms with E-state index in [1.807, 2.05) is 0 Å². The van der Waals surface area contributed by atoms with Gasteiger partial charge in [0.15, 0.2) is 6.10 Å². The molecule has 0 amide bonds. The maximum atomic E-state index is 11.0. The summed E-state index contributed by atoms with van der Waals surface area (Å²) in [5.74, 6) is -1.14. The molecule has 7 heteroatoms. The van der Waals surface area contributed by atoms with Crippen LogP contribution in [-0.4, -0.2) is 57.1 Å². The SMILES string of the molecule is C=Cc1ccc(OC2O[C@H](C(=O)O)[C@@H](O)[C@H](O)[C@H]2O)cc1. The van der Waals surface area contributed by atoms with Gasteiger partial charge in [-0.15, -0.1) is 0 Å². The number of aliphatic carboxylic acids is 1. The van der Waals surface area contributed by atoms with Crippen molar-refractivity contribution in [3.05, 3.63) is 36.4 Å². The highest BCUT2D eigenvalue weighted by Gasteiger charge is 2.48. The summed E-state index contributed by atoms with van der Waals surface area (Å²) in [5.41, 5.74) is 0.853. The Morgan fingerprint density at radius 2 is 1.76 bits per heavy atom. The first-order chi connectivity index (χ1) is 9.93. The van der Waals surface area contributed by atoms with Crippen LogP contribution in [0.2, 0.25) is 0 Å². The summed E-state index contributed by atoms with van der Waals surface area (Å²) in [7, 11) is 0. The minimum absolute atomic E-state index is 0.317. The van der Waals surface area contributed by atoms with E-state index in [9.17, 15) is 20.1 Å². The molecule has 0 aliphatic carbocycles. The second-order valence-corrected chi connectivity index (χ2v) is 4.63. The predicted molar refractivity (Wildman–Crippen MR) is 71.5 cm³/mol. The first-order valence-electron chi connectivity index (χ1n) is 6.25. The Morgan fingerprint density at radius 3 is 2.29 bits per heavy atom. The number of carboxylic acids is 1. The topological polar surface area (TPSA) is 116 Å². The van der Waals surface area contributed by atoms with Gasteiger partial charge in [-0.05, 0) is 17.7 Å². The predicted octanol–water partition coefficient (Wildman–Crippen LogP) is -0.399. The molecule has 5 atom stereocenters. The number of benzene rings is 1. The standard InChI is InChI=1S/C14H16O7/c1-2-7-3-5-8(6-4-7)20-14-11(17)9(15)10(16)12(21-14)13(18)19/h2-6,9-12,14-17H,1H2,(H,18,19)/t9-,10-,11+,12-,14?/m0/s1. The summed E-state index contributed by atoms with van der Waals surface area (Å²) >= 11 is 0. The van der Waals surface area contributed by atoms with Crippen molar-refractivity contribution in [2.24, 2.45) is 0 Å². The number of hydrogen-bond acceptors (Lipinski definition) is 6. The Labute approximate surface area is 120 Å². The monoisotopic (exact) mass is 296 g/mol. The third kappa shape index (κ3) is 3.22. The van der Waals surface area contributed by atoms with Gasteiger partial charge in [0.1, 0.15) is 24.1 Å². The fourth-order valence-corrected chi connectivity index (χ4v) is 1.97. The van der Waals surface area contributed by atoms with Crippen molar-refractivity contribution in [2.75, 3.05) is 0 Å². The molecule has 4 N–H and O–H groups in total. The zero-order valence-electron chi connectivity index (χ0n) is 11.0. The summed E-state index contributed by atoms with van der Waals surface area (Å²) in [4.78, 5) is 11.0. The normalized spacial score (nSPS) is 32.4. The van der Waals surface area contributed by atoms with Crippen LogP contribution in [0.25, 0.3) is 6.08 Å². The number of carbonyl (C=O) groups is 1. The molecule has 0 spiro atoms. The van der Waals surface area contributed by atoms with E-state index < -0.39 is 36.7 Å². The molecule has 21 heavy (non-hydrogen) atoms. The molecule has 1 heterocycles. The zero-order chi connectivity index (χ0) is 15.6. The quantitative estimate of drug-likeness (QED) is 0.597.